The summed E-state index contributed by atoms with van der Waals surface area (Å²) in [7, 11) is 0. The smallest absolute Gasteiger partial charge is 0.0204 e. The molecular formula is C16H22. The van der Waals surface area contributed by atoms with Gasteiger partial charge in [0.25, 0.3) is 0 Å². The maximum atomic E-state index is 1.69. The van der Waals surface area contributed by atoms with Gasteiger partial charge in [-0.15, -0.1) is 0 Å². The lowest BCUT2D eigenvalue weighted by atomic mass is 9.56. The molecular weight excluding hydrogens is 192 g/mol. The first-order valence-corrected chi connectivity index (χ1v) is 7.81. The van der Waals surface area contributed by atoms with Crippen LogP contribution in [0.1, 0.15) is 51.4 Å². The molecule has 4 unspecified atom stereocenters. The zero-order chi connectivity index (χ0) is 10.1. The molecule has 8 bridgehead atoms. The van der Waals surface area contributed by atoms with E-state index in [9.17, 15) is 0 Å². The molecule has 8 aliphatic carbocycles. The van der Waals surface area contributed by atoms with E-state index in [1.54, 1.807) is 51.4 Å². The highest BCUT2D eigenvalue weighted by atomic mass is 14.8. The van der Waals surface area contributed by atoms with Gasteiger partial charge in [-0.3, -0.25) is 0 Å². The molecule has 4 atom stereocenters. The molecule has 0 aromatic rings. The molecule has 0 nitrogen and oxygen atoms in total. The van der Waals surface area contributed by atoms with Crippen molar-refractivity contribution in [2.75, 3.05) is 0 Å². The molecule has 0 N–H and O–H groups in total. The second-order valence-corrected chi connectivity index (χ2v) is 8.51. The van der Waals surface area contributed by atoms with Gasteiger partial charge in [0.2, 0.25) is 0 Å². The van der Waals surface area contributed by atoms with Crippen molar-refractivity contribution in [3.05, 3.63) is 0 Å². The topological polar surface area (TPSA) is 0 Å². The molecule has 16 heavy (non-hydrogen) atoms. The van der Waals surface area contributed by atoms with Crippen LogP contribution in [0.5, 0.6) is 0 Å². The van der Waals surface area contributed by atoms with Crippen molar-refractivity contribution in [1.29, 1.82) is 0 Å². The van der Waals surface area contributed by atoms with E-state index < -0.39 is 0 Å². The SMILES string of the molecule is C1C2CC3(C45CC6CC4CC6C5)CC2CC13. The zero-order valence-corrected chi connectivity index (χ0v) is 10.1. The minimum absolute atomic E-state index is 0.924. The van der Waals surface area contributed by atoms with Crippen LogP contribution in [-0.4, -0.2) is 0 Å². The average molecular weight is 214 g/mol. The summed E-state index contributed by atoms with van der Waals surface area (Å²) in [5.74, 6) is 7.24. The molecule has 0 saturated heterocycles. The van der Waals surface area contributed by atoms with Gasteiger partial charge >= 0.3 is 0 Å². The first-order valence-electron chi connectivity index (χ1n) is 7.81. The maximum Gasteiger partial charge on any atom is -0.0204 e. The van der Waals surface area contributed by atoms with Gasteiger partial charge in [0, 0.05) is 0 Å². The highest BCUT2D eigenvalue weighted by molar-refractivity contribution is 5.26. The van der Waals surface area contributed by atoms with Gasteiger partial charge in [-0.05, 0) is 97.7 Å². The lowest BCUT2D eigenvalue weighted by molar-refractivity contribution is 0.00270. The van der Waals surface area contributed by atoms with Crippen molar-refractivity contribution in [1.82, 2.24) is 0 Å². The van der Waals surface area contributed by atoms with Crippen molar-refractivity contribution in [2.45, 2.75) is 51.4 Å². The molecule has 0 radical (unpaired) electrons. The molecule has 8 rings (SSSR count). The Balaban J connectivity index is 1.57. The third-order valence-electron chi connectivity index (χ3n) is 8.74. The van der Waals surface area contributed by atoms with Crippen molar-refractivity contribution < 1.29 is 0 Å². The van der Waals surface area contributed by atoms with Crippen LogP contribution >= 0.6 is 0 Å². The number of hydrogen-bond acceptors (Lipinski definition) is 0. The van der Waals surface area contributed by atoms with Gasteiger partial charge in [0.15, 0.2) is 0 Å². The summed E-state index contributed by atoms with van der Waals surface area (Å²) >= 11 is 0. The molecule has 0 heterocycles. The van der Waals surface area contributed by atoms with E-state index in [2.05, 4.69) is 0 Å². The predicted molar refractivity (Wildman–Crippen MR) is 62.7 cm³/mol. The average Bonchev–Trinajstić information content (AvgIpc) is 3.03. The third-order valence-corrected chi connectivity index (χ3v) is 8.74. The molecule has 0 amide bonds. The minimum Gasteiger partial charge on any atom is -0.0467 e. The quantitative estimate of drug-likeness (QED) is 0.622. The highest BCUT2D eigenvalue weighted by Crippen LogP contribution is 2.85. The summed E-state index contributed by atoms with van der Waals surface area (Å²) < 4.78 is 0. The van der Waals surface area contributed by atoms with Gasteiger partial charge in [-0.2, -0.15) is 0 Å². The van der Waals surface area contributed by atoms with E-state index in [1.807, 2.05) is 0 Å². The second kappa shape index (κ2) is 2.04. The van der Waals surface area contributed by atoms with Gasteiger partial charge in [0.1, 0.15) is 0 Å². The normalized spacial score (nSPS) is 76.5. The summed E-state index contributed by atoms with van der Waals surface area (Å²) in [6.45, 7) is 0. The summed E-state index contributed by atoms with van der Waals surface area (Å²) in [5, 5.41) is 0. The van der Waals surface area contributed by atoms with Crippen molar-refractivity contribution in [2.24, 2.45) is 46.3 Å². The third kappa shape index (κ3) is 0.560. The molecule has 0 aromatic carbocycles. The lowest BCUT2D eigenvalue weighted by Gasteiger charge is -2.48. The molecule has 0 aliphatic heterocycles. The number of rotatable bonds is 1. The molecule has 0 aromatic heterocycles. The van der Waals surface area contributed by atoms with Gasteiger partial charge in [0.05, 0.1) is 0 Å². The van der Waals surface area contributed by atoms with Gasteiger partial charge < -0.3 is 0 Å². The first kappa shape index (κ1) is 8.16. The second-order valence-electron chi connectivity index (χ2n) is 8.51. The molecule has 0 heteroatoms. The van der Waals surface area contributed by atoms with E-state index in [0.29, 0.717) is 0 Å². The molecule has 8 fully saturated rings. The molecule has 8 aliphatic rings. The van der Waals surface area contributed by atoms with Crippen molar-refractivity contribution in [3.63, 3.8) is 0 Å². The Morgan fingerprint density at radius 1 is 0.500 bits per heavy atom. The minimum atomic E-state index is 0.924. The Kier molecular flexibility index (Phi) is 1.04. The van der Waals surface area contributed by atoms with E-state index >= 15 is 0 Å². The summed E-state index contributed by atoms with van der Waals surface area (Å²) in [5.41, 5.74) is 1.85. The Morgan fingerprint density at radius 2 is 0.812 bits per heavy atom. The standard InChI is InChI=1S/C16H22/c1-9-5-15(6-10(9)2-13(1)15)16-7-11-3-14(16)4-12(11)8-16/h9-14H,1-8H2. The van der Waals surface area contributed by atoms with Crippen LogP contribution in [0.15, 0.2) is 0 Å². The van der Waals surface area contributed by atoms with E-state index in [1.165, 1.54) is 35.5 Å². The van der Waals surface area contributed by atoms with Crippen LogP contribution in [0.25, 0.3) is 0 Å². The predicted octanol–water partition coefficient (Wildman–Crippen LogP) is 3.86. The van der Waals surface area contributed by atoms with Crippen molar-refractivity contribution >= 4 is 0 Å². The van der Waals surface area contributed by atoms with Crippen LogP contribution in [-0.2, 0) is 0 Å². The molecule has 0 spiro atoms. The number of hydrogen-bond donors (Lipinski definition) is 0. The Bertz CT molecular complexity index is 329. The molecule has 86 valence electrons. The highest BCUT2D eigenvalue weighted by Gasteiger charge is 2.77. The fraction of sp³-hybridized carbons (Fsp3) is 1.00. The van der Waals surface area contributed by atoms with Crippen LogP contribution in [0.3, 0.4) is 0 Å². The Labute approximate surface area is 98.2 Å². The summed E-state index contributed by atoms with van der Waals surface area (Å²) in [4.78, 5) is 0. The van der Waals surface area contributed by atoms with E-state index in [4.69, 9.17) is 0 Å². The van der Waals surface area contributed by atoms with Gasteiger partial charge in [-0.25, -0.2) is 0 Å². The van der Waals surface area contributed by atoms with Gasteiger partial charge in [-0.1, -0.05) is 0 Å². The fourth-order valence-electron chi connectivity index (χ4n) is 8.66. The Hall–Kier alpha value is 0. The lowest BCUT2D eigenvalue weighted by Crippen LogP contribution is -2.41. The summed E-state index contributed by atoms with van der Waals surface area (Å²) in [6.07, 6.45) is 13.4. The monoisotopic (exact) mass is 214 g/mol. The summed E-state index contributed by atoms with van der Waals surface area (Å²) in [6, 6.07) is 0. The fourth-order valence-corrected chi connectivity index (χ4v) is 8.66. The van der Waals surface area contributed by atoms with E-state index in [0.717, 1.165) is 10.8 Å². The van der Waals surface area contributed by atoms with E-state index in [-0.39, 0.29) is 0 Å². The van der Waals surface area contributed by atoms with Crippen molar-refractivity contribution in [3.8, 4) is 0 Å². The van der Waals surface area contributed by atoms with Crippen LogP contribution in [0.2, 0.25) is 0 Å². The molecule has 8 saturated carbocycles. The maximum absolute atomic E-state index is 1.69. The Morgan fingerprint density at radius 3 is 1.00 bits per heavy atom. The van der Waals surface area contributed by atoms with Crippen LogP contribution in [0.4, 0.5) is 0 Å². The largest absolute Gasteiger partial charge is 0.0467 e. The van der Waals surface area contributed by atoms with Crippen LogP contribution < -0.4 is 0 Å². The first-order chi connectivity index (χ1) is 7.81. The zero-order valence-electron chi connectivity index (χ0n) is 10.1. The van der Waals surface area contributed by atoms with Crippen LogP contribution in [0, 0.1) is 46.3 Å².